The number of ether oxygens (including phenoxy) is 2. The first-order valence-corrected chi connectivity index (χ1v) is 16.4. The molecule has 0 saturated carbocycles. The van der Waals surface area contributed by atoms with Crippen molar-refractivity contribution >= 4 is 33.6 Å². The number of rotatable bonds is 2. The largest absolute Gasteiger partial charge is 0.390 e. The van der Waals surface area contributed by atoms with Crippen LogP contribution in [0, 0.1) is 13.8 Å². The van der Waals surface area contributed by atoms with E-state index in [1.165, 1.54) is 0 Å². The fraction of sp³-hybridized carbons (Fsp3) is 0.500. The molecule has 4 aliphatic heterocycles. The zero-order chi connectivity index (χ0) is 34.4. The number of hydrogen-bond donors (Lipinski definition) is 6. The van der Waals surface area contributed by atoms with Gasteiger partial charge in [-0.05, 0) is 89.1 Å². The molecule has 0 aliphatic carbocycles. The Bertz CT molecular complexity index is 1990. The molecule has 7 rings (SSSR count). The number of nitrogens with zero attached hydrogens (tertiary/aromatic N) is 2. The van der Waals surface area contributed by atoms with Crippen LogP contribution in [0.5, 0.6) is 0 Å². The van der Waals surface area contributed by atoms with E-state index in [-0.39, 0.29) is 35.8 Å². The minimum atomic E-state index is -1.37. The Morgan fingerprint density at radius 1 is 0.646 bits per heavy atom. The third-order valence-corrected chi connectivity index (χ3v) is 10.9. The second-order valence-corrected chi connectivity index (χ2v) is 14.3. The monoisotopic (exact) mass is 658 g/mol. The highest BCUT2D eigenvalue weighted by Gasteiger charge is 2.56. The van der Waals surface area contributed by atoms with Gasteiger partial charge in [-0.2, -0.15) is 0 Å². The summed E-state index contributed by atoms with van der Waals surface area (Å²) in [5, 5.41) is 42.9. The third-order valence-electron chi connectivity index (χ3n) is 10.9. The van der Waals surface area contributed by atoms with Gasteiger partial charge in [-0.15, -0.1) is 0 Å². The second-order valence-electron chi connectivity index (χ2n) is 14.3. The molecule has 10 atom stereocenters. The number of aliphatic hydroxyl groups is 4. The summed E-state index contributed by atoms with van der Waals surface area (Å²) in [6, 6.07) is 10.6. The number of hydrogen-bond acceptors (Lipinski definition) is 10. The molecule has 254 valence electrons. The molecule has 3 aromatic rings. The maximum atomic E-state index is 14.3. The van der Waals surface area contributed by atoms with E-state index in [9.17, 15) is 30.0 Å². The Balaban J connectivity index is 1.47. The number of carbonyl (C=O) groups is 2. The molecule has 0 aromatic carbocycles. The number of aromatic nitrogens is 4. The number of aryl methyl sites for hydroxylation is 2. The van der Waals surface area contributed by atoms with E-state index in [4.69, 9.17) is 19.4 Å². The number of carbonyl (C=O) groups excluding carboxylic acids is 2. The summed E-state index contributed by atoms with van der Waals surface area (Å²) in [6.45, 7) is 10.6. The first-order chi connectivity index (χ1) is 22.6. The first kappa shape index (κ1) is 32.8. The van der Waals surface area contributed by atoms with Gasteiger partial charge in [0.1, 0.15) is 34.4 Å². The Kier molecular flexibility index (Phi) is 7.78. The van der Waals surface area contributed by atoms with Gasteiger partial charge >= 0.3 is 0 Å². The quantitative estimate of drug-likeness (QED) is 0.239. The number of fused-ring (bicyclic) bond motifs is 8. The SMILES string of the molecule is Cc1cc2cc3nc(cc4cc(C)c(cc5nc(cc1[nH]2)C(=O)C5(C)C1OC(C)C(O)CC1O)[nH]4)C(=O)C3(C)C1OC(C)C(O)CC1O. The first-order valence-electron chi connectivity index (χ1n) is 16.4. The summed E-state index contributed by atoms with van der Waals surface area (Å²) in [7, 11) is 0. The van der Waals surface area contributed by atoms with E-state index in [0.717, 1.165) is 11.1 Å². The number of aromatic amines is 2. The third kappa shape index (κ3) is 4.96. The van der Waals surface area contributed by atoms with E-state index in [1.54, 1.807) is 52.0 Å². The Labute approximate surface area is 277 Å². The molecule has 0 spiro atoms. The van der Waals surface area contributed by atoms with Gasteiger partial charge in [0, 0.05) is 34.9 Å². The van der Waals surface area contributed by atoms with Crippen molar-refractivity contribution in [3.63, 3.8) is 0 Å². The number of H-pyrrole nitrogens is 2. The fourth-order valence-electron chi connectivity index (χ4n) is 7.69. The van der Waals surface area contributed by atoms with E-state index in [2.05, 4.69) is 9.97 Å². The van der Waals surface area contributed by atoms with Gasteiger partial charge in [0.2, 0.25) is 0 Å². The smallest absolute Gasteiger partial charge is 0.195 e. The van der Waals surface area contributed by atoms with E-state index in [1.807, 2.05) is 26.0 Å². The van der Waals surface area contributed by atoms with Gasteiger partial charge in [-0.3, -0.25) is 9.59 Å². The predicted octanol–water partition coefficient (Wildman–Crippen LogP) is 3.01. The number of aliphatic hydroxyl groups excluding tert-OH is 4. The molecule has 7 heterocycles. The van der Waals surface area contributed by atoms with Gasteiger partial charge in [-0.1, -0.05) is 0 Å². The van der Waals surface area contributed by atoms with Crippen LogP contribution in [0.4, 0.5) is 0 Å². The van der Waals surface area contributed by atoms with Gasteiger partial charge in [-0.25, -0.2) is 9.97 Å². The van der Waals surface area contributed by atoms with Crippen molar-refractivity contribution < 1.29 is 39.5 Å². The average molecular weight is 659 g/mol. The molecule has 3 aromatic heterocycles. The molecule has 2 fully saturated rings. The van der Waals surface area contributed by atoms with Crippen molar-refractivity contribution in [3.05, 3.63) is 70.3 Å². The lowest BCUT2D eigenvalue weighted by Crippen LogP contribution is -2.56. The number of Topliss-reactive ketones (excluding diaryl/α,β-unsaturated/α-hetero) is 2. The van der Waals surface area contributed by atoms with Crippen LogP contribution in [0.15, 0.2) is 36.4 Å². The maximum absolute atomic E-state index is 14.3. The van der Waals surface area contributed by atoms with Crippen LogP contribution in [0.1, 0.15) is 84.0 Å². The summed E-state index contributed by atoms with van der Waals surface area (Å²) < 4.78 is 12.2. The van der Waals surface area contributed by atoms with Crippen LogP contribution in [0.2, 0.25) is 0 Å². The van der Waals surface area contributed by atoms with Gasteiger partial charge in [0.15, 0.2) is 11.6 Å². The molecular weight excluding hydrogens is 616 g/mol. The Hall–Kier alpha value is -3.78. The van der Waals surface area contributed by atoms with Crippen molar-refractivity contribution in [2.24, 2.45) is 0 Å². The molecule has 2 saturated heterocycles. The van der Waals surface area contributed by atoms with Crippen LogP contribution in [0.25, 0.3) is 22.1 Å². The molecule has 12 nitrogen and oxygen atoms in total. The molecule has 10 unspecified atom stereocenters. The van der Waals surface area contributed by atoms with Gasteiger partial charge in [0.25, 0.3) is 0 Å². The van der Waals surface area contributed by atoms with Crippen LogP contribution >= 0.6 is 0 Å². The van der Waals surface area contributed by atoms with Crippen molar-refractivity contribution in [3.8, 4) is 0 Å². The summed E-state index contributed by atoms with van der Waals surface area (Å²) in [5.74, 6) is -0.645. The fourth-order valence-corrected chi connectivity index (χ4v) is 7.69. The van der Waals surface area contributed by atoms with Gasteiger partial charge < -0.3 is 39.9 Å². The van der Waals surface area contributed by atoms with E-state index in [0.29, 0.717) is 33.5 Å². The van der Waals surface area contributed by atoms with Crippen molar-refractivity contribution in [2.45, 2.75) is 114 Å². The lowest BCUT2D eigenvalue weighted by atomic mass is 9.73. The van der Waals surface area contributed by atoms with Crippen molar-refractivity contribution in [2.75, 3.05) is 0 Å². The number of nitrogens with one attached hydrogen (secondary N) is 2. The molecule has 4 aliphatic rings. The maximum Gasteiger partial charge on any atom is 0.195 e. The summed E-state index contributed by atoms with van der Waals surface area (Å²) in [4.78, 5) is 44.9. The van der Waals surface area contributed by atoms with Crippen molar-refractivity contribution in [1.29, 1.82) is 0 Å². The molecule has 12 heteroatoms. The number of ketones is 2. The topological polar surface area (TPSA) is 191 Å². The lowest BCUT2D eigenvalue weighted by molar-refractivity contribution is -0.177. The zero-order valence-electron chi connectivity index (χ0n) is 27.8. The highest BCUT2D eigenvalue weighted by atomic mass is 16.5. The van der Waals surface area contributed by atoms with E-state index >= 15 is 0 Å². The molecule has 0 radical (unpaired) electrons. The molecule has 8 bridgehead atoms. The van der Waals surface area contributed by atoms with Gasteiger partial charge in [0.05, 0.1) is 48.0 Å². The summed E-state index contributed by atoms with van der Waals surface area (Å²) in [6.07, 6.45) is -6.93. The predicted molar refractivity (Wildman–Crippen MR) is 176 cm³/mol. The lowest BCUT2D eigenvalue weighted by Gasteiger charge is -2.42. The van der Waals surface area contributed by atoms with Crippen LogP contribution in [-0.2, 0) is 20.3 Å². The van der Waals surface area contributed by atoms with Crippen LogP contribution in [0.3, 0.4) is 0 Å². The van der Waals surface area contributed by atoms with Crippen molar-refractivity contribution in [1.82, 2.24) is 19.9 Å². The normalized spacial score (nSPS) is 35.6. The molecular formula is C36H42N4O8. The Morgan fingerprint density at radius 2 is 1.06 bits per heavy atom. The molecule has 6 N–H and O–H groups in total. The molecule has 0 amide bonds. The zero-order valence-corrected chi connectivity index (χ0v) is 27.8. The summed E-state index contributed by atoms with van der Waals surface area (Å²) in [5.41, 5.74) is 2.48. The highest BCUT2D eigenvalue weighted by molar-refractivity contribution is 6.07. The Morgan fingerprint density at radius 3 is 1.56 bits per heavy atom. The van der Waals surface area contributed by atoms with Crippen LogP contribution in [-0.4, -0.2) is 101 Å². The van der Waals surface area contributed by atoms with Crippen LogP contribution < -0.4 is 0 Å². The average Bonchev–Trinajstić information content (AvgIpc) is 3.69. The second kappa shape index (κ2) is 11.4. The minimum absolute atomic E-state index is 0.0624. The summed E-state index contributed by atoms with van der Waals surface area (Å²) >= 11 is 0. The van der Waals surface area contributed by atoms with E-state index < -0.39 is 59.7 Å². The standard InChI is InChI=1S/C36H42N4O8/c1-15-8-20-10-29-35(5,33-27(43)13-25(41)17(3)47-33)31(45)23(39-29)9-19-7-16(2)22(37-19)12-30-36(6,32(46)24(40-30)11-21(15)38-20)34-28(44)14-26(42)18(4)48-34/h7-12,17-18,25-28,33-34,37-38,41-44H,13-14H2,1-6H3. The molecule has 48 heavy (non-hydrogen) atoms. The minimum Gasteiger partial charge on any atom is -0.390 e. The highest BCUT2D eigenvalue weighted by Crippen LogP contribution is 2.43.